The second-order valence-corrected chi connectivity index (χ2v) is 9.03. The number of carbonyl (C=O) groups is 1. The fraction of sp³-hybridized carbons (Fsp3) is 0.348. The molecule has 9 heteroatoms. The van der Waals surface area contributed by atoms with Gasteiger partial charge in [-0.2, -0.15) is 0 Å². The maximum Gasteiger partial charge on any atom is 0.275 e. The molecule has 1 saturated carbocycles. The van der Waals surface area contributed by atoms with Crippen LogP contribution in [0.3, 0.4) is 0 Å². The molecule has 2 aromatic heterocycles. The van der Waals surface area contributed by atoms with E-state index in [4.69, 9.17) is 5.73 Å². The molecule has 4 rings (SSSR count). The molecule has 1 aliphatic carbocycles. The Labute approximate surface area is 189 Å². The molecule has 0 radical (unpaired) electrons. The van der Waals surface area contributed by atoms with Crippen molar-refractivity contribution < 1.29 is 13.6 Å². The smallest absolute Gasteiger partial charge is 0.275 e. The summed E-state index contributed by atoms with van der Waals surface area (Å²) in [6, 6.07) is 5.77. The number of rotatable bonds is 5. The number of nitrogens with zero attached hydrogens (tertiary/aromatic N) is 2. The quantitative estimate of drug-likeness (QED) is 0.535. The van der Waals surface area contributed by atoms with Gasteiger partial charge in [-0.05, 0) is 55.5 Å². The third kappa shape index (κ3) is 4.41. The topological polar surface area (TPSA) is 92.9 Å². The Kier molecular flexibility index (Phi) is 6.59. The summed E-state index contributed by atoms with van der Waals surface area (Å²) in [7, 11) is 1.93. The molecule has 1 aromatic carbocycles. The Morgan fingerprint density at radius 1 is 1.22 bits per heavy atom. The summed E-state index contributed by atoms with van der Waals surface area (Å²) < 4.78 is 28.1. The number of nitrogens with two attached hydrogens (primary N) is 1. The number of hydrogen-bond acceptors (Lipinski definition) is 6. The van der Waals surface area contributed by atoms with Crippen molar-refractivity contribution in [1.82, 2.24) is 15.3 Å². The van der Waals surface area contributed by atoms with Crippen molar-refractivity contribution in [2.45, 2.75) is 37.8 Å². The number of carbonyl (C=O) groups excluding carboxylic acids is 1. The maximum atomic E-state index is 14.1. The molecule has 32 heavy (non-hydrogen) atoms. The Balaban J connectivity index is 1.55. The van der Waals surface area contributed by atoms with E-state index < -0.39 is 17.5 Å². The summed E-state index contributed by atoms with van der Waals surface area (Å²) in [5.41, 5.74) is 7.82. The van der Waals surface area contributed by atoms with Crippen LogP contribution < -0.4 is 16.4 Å². The first-order valence-electron chi connectivity index (χ1n) is 10.5. The molecule has 0 spiro atoms. The molecular weight excluding hydrogens is 432 g/mol. The molecule has 0 saturated heterocycles. The molecule has 0 unspecified atom stereocenters. The van der Waals surface area contributed by atoms with Gasteiger partial charge in [-0.1, -0.05) is 13.0 Å². The monoisotopic (exact) mass is 457 g/mol. The summed E-state index contributed by atoms with van der Waals surface area (Å²) in [5.74, 6) is -1.34. The van der Waals surface area contributed by atoms with Gasteiger partial charge in [-0.25, -0.2) is 13.8 Å². The minimum absolute atomic E-state index is 0.00207. The first kappa shape index (κ1) is 22.4. The highest BCUT2D eigenvalue weighted by Crippen LogP contribution is 2.38. The number of anilines is 1. The van der Waals surface area contributed by atoms with E-state index in [9.17, 15) is 13.6 Å². The van der Waals surface area contributed by atoms with Crippen molar-refractivity contribution in [3.8, 4) is 10.6 Å². The van der Waals surface area contributed by atoms with Crippen LogP contribution in [0.1, 0.15) is 41.7 Å². The number of halogens is 2. The standard InChI is InChI=1S/C23H25F2N5OS/c1-12-8-13(9-17(26)21(12)27-2)14-6-7-28-10-18(14)29-22(31)19-11-32-23(30-19)20-15(24)4-3-5-16(20)25/h3-7,10-13,17,21,27H,8-9,26H2,1-2H3,(H,29,31)/t12-,13+,17+,21-/m0/s1. The van der Waals surface area contributed by atoms with E-state index in [1.807, 2.05) is 13.1 Å². The first-order valence-corrected chi connectivity index (χ1v) is 11.3. The Morgan fingerprint density at radius 3 is 2.66 bits per heavy atom. The highest BCUT2D eigenvalue weighted by molar-refractivity contribution is 7.13. The molecule has 168 valence electrons. The lowest BCUT2D eigenvalue weighted by Gasteiger charge is -2.39. The third-order valence-electron chi connectivity index (χ3n) is 6.08. The number of aromatic nitrogens is 2. The lowest BCUT2D eigenvalue weighted by Crippen LogP contribution is -2.51. The predicted octanol–water partition coefficient (Wildman–Crippen LogP) is 4.16. The number of nitrogens with one attached hydrogen (secondary N) is 2. The van der Waals surface area contributed by atoms with E-state index in [0.717, 1.165) is 41.9 Å². The zero-order valence-electron chi connectivity index (χ0n) is 17.8. The van der Waals surface area contributed by atoms with Crippen LogP contribution >= 0.6 is 11.3 Å². The van der Waals surface area contributed by atoms with E-state index in [0.29, 0.717) is 11.6 Å². The van der Waals surface area contributed by atoms with Crippen molar-refractivity contribution in [3.05, 3.63) is 64.9 Å². The Hall–Kier alpha value is -2.75. The minimum Gasteiger partial charge on any atom is -0.326 e. The van der Waals surface area contributed by atoms with Crippen molar-refractivity contribution >= 4 is 22.9 Å². The van der Waals surface area contributed by atoms with Gasteiger partial charge in [0.15, 0.2) is 0 Å². The van der Waals surface area contributed by atoms with Gasteiger partial charge in [-0.15, -0.1) is 11.3 Å². The summed E-state index contributed by atoms with van der Waals surface area (Å²) in [6.45, 7) is 2.17. The van der Waals surface area contributed by atoms with Crippen molar-refractivity contribution in [2.24, 2.45) is 11.7 Å². The normalized spacial score (nSPS) is 23.2. The average molecular weight is 458 g/mol. The van der Waals surface area contributed by atoms with Gasteiger partial charge in [0.25, 0.3) is 5.91 Å². The molecule has 4 atom stereocenters. The molecule has 1 aliphatic rings. The predicted molar refractivity (Wildman–Crippen MR) is 122 cm³/mol. The zero-order valence-corrected chi connectivity index (χ0v) is 18.6. The van der Waals surface area contributed by atoms with Crippen LogP contribution in [0.15, 0.2) is 42.0 Å². The van der Waals surface area contributed by atoms with Gasteiger partial charge < -0.3 is 16.4 Å². The van der Waals surface area contributed by atoms with E-state index in [1.165, 1.54) is 11.4 Å². The van der Waals surface area contributed by atoms with Crippen molar-refractivity contribution in [2.75, 3.05) is 12.4 Å². The van der Waals surface area contributed by atoms with Crippen LogP contribution in [-0.2, 0) is 0 Å². The first-order chi connectivity index (χ1) is 15.4. The molecule has 3 aromatic rings. The molecule has 2 heterocycles. The largest absolute Gasteiger partial charge is 0.326 e. The molecule has 0 aliphatic heterocycles. The number of thiazole rings is 1. The second kappa shape index (κ2) is 9.40. The van der Waals surface area contributed by atoms with Gasteiger partial charge >= 0.3 is 0 Å². The number of likely N-dealkylation sites (N-methyl/N-ethyl adjacent to an activating group) is 1. The molecule has 1 amide bonds. The highest BCUT2D eigenvalue weighted by Gasteiger charge is 2.34. The van der Waals surface area contributed by atoms with Gasteiger partial charge in [0, 0.05) is 23.7 Å². The summed E-state index contributed by atoms with van der Waals surface area (Å²) in [5, 5.41) is 7.77. The lowest BCUT2D eigenvalue weighted by atomic mass is 9.73. The fourth-order valence-electron chi connectivity index (χ4n) is 4.59. The maximum absolute atomic E-state index is 14.1. The second-order valence-electron chi connectivity index (χ2n) is 8.18. The lowest BCUT2D eigenvalue weighted by molar-refractivity contribution is 0.102. The van der Waals surface area contributed by atoms with Crippen molar-refractivity contribution in [3.63, 3.8) is 0 Å². The van der Waals surface area contributed by atoms with E-state index in [-0.39, 0.29) is 34.3 Å². The number of amides is 1. The molecule has 1 fully saturated rings. The van der Waals surface area contributed by atoms with Crippen LogP contribution in [0.4, 0.5) is 14.5 Å². The summed E-state index contributed by atoms with van der Waals surface area (Å²) in [6.07, 6.45) is 5.03. The van der Waals surface area contributed by atoms with Crippen molar-refractivity contribution in [1.29, 1.82) is 0 Å². The highest BCUT2D eigenvalue weighted by atomic mass is 32.1. The molecule has 0 bridgehead atoms. The van der Waals surface area contributed by atoms with E-state index in [1.54, 1.807) is 12.4 Å². The van der Waals surface area contributed by atoms with Gasteiger partial charge in [-0.3, -0.25) is 9.78 Å². The number of hydrogen-bond donors (Lipinski definition) is 3. The third-order valence-corrected chi connectivity index (χ3v) is 6.94. The van der Waals surface area contributed by atoms with Gasteiger partial charge in [0.2, 0.25) is 0 Å². The summed E-state index contributed by atoms with van der Waals surface area (Å²) in [4.78, 5) is 21.2. The summed E-state index contributed by atoms with van der Waals surface area (Å²) >= 11 is 1.01. The number of benzene rings is 1. The Bertz CT molecular complexity index is 1090. The van der Waals surface area contributed by atoms with Crippen LogP contribution in [-0.4, -0.2) is 35.0 Å². The molecular formula is C23H25F2N5OS. The minimum atomic E-state index is -0.719. The van der Waals surface area contributed by atoms with Crippen LogP contribution in [0.25, 0.3) is 10.6 Å². The molecule has 6 nitrogen and oxygen atoms in total. The van der Waals surface area contributed by atoms with Crippen LogP contribution in [0, 0.1) is 17.6 Å². The molecule has 4 N–H and O–H groups in total. The fourth-order valence-corrected chi connectivity index (χ4v) is 5.44. The van der Waals surface area contributed by atoms with E-state index in [2.05, 4.69) is 27.5 Å². The SMILES string of the molecule is CN[C@@H]1[C@H](N)C[C@H](c2ccncc2NC(=O)c2csc(-c3c(F)cccc3F)n2)C[C@@H]1C. The van der Waals surface area contributed by atoms with Crippen LogP contribution in [0.5, 0.6) is 0 Å². The number of pyridine rings is 1. The van der Waals surface area contributed by atoms with Gasteiger partial charge in [0.1, 0.15) is 22.3 Å². The van der Waals surface area contributed by atoms with Gasteiger partial charge in [0.05, 0.1) is 17.4 Å². The average Bonchev–Trinajstić information content (AvgIpc) is 3.24. The van der Waals surface area contributed by atoms with Crippen LogP contribution in [0.2, 0.25) is 0 Å². The Morgan fingerprint density at radius 2 is 1.97 bits per heavy atom. The van der Waals surface area contributed by atoms with E-state index >= 15 is 0 Å². The zero-order chi connectivity index (χ0) is 22.8.